The van der Waals surface area contributed by atoms with E-state index in [1.165, 1.54) is 6.42 Å². The van der Waals surface area contributed by atoms with Crippen LogP contribution in [0.4, 0.5) is 0 Å². The summed E-state index contributed by atoms with van der Waals surface area (Å²) in [5, 5.41) is 9.56. The second-order valence-corrected chi connectivity index (χ2v) is 11.0. The second kappa shape index (κ2) is 10.3. The van der Waals surface area contributed by atoms with Gasteiger partial charge in [-0.2, -0.15) is 0 Å². The van der Waals surface area contributed by atoms with E-state index in [0.29, 0.717) is 26.0 Å². The lowest BCUT2D eigenvalue weighted by Crippen LogP contribution is -2.58. The lowest BCUT2D eigenvalue weighted by Gasteiger charge is -2.40. The van der Waals surface area contributed by atoms with Crippen LogP contribution in [-0.2, 0) is 23.9 Å². The van der Waals surface area contributed by atoms with E-state index >= 15 is 0 Å². The first-order chi connectivity index (χ1) is 17.5. The Hall–Kier alpha value is -2.19. The molecule has 0 aromatic heterocycles. The van der Waals surface area contributed by atoms with Gasteiger partial charge in [0.1, 0.15) is 23.2 Å². The predicted molar refractivity (Wildman–Crippen MR) is 133 cm³/mol. The van der Waals surface area contributed by atoms with Crippen molar-refractivity contribution in [1.82, 2.24) is 9.80 Å². The molecule has 1 spiro atoms. The zero-order chi connectivity index (χ0) is 25.3. The molecule has 0 aromatic carbocycles. The first-order valence-electron chi connectivity index (χ1n) is 13.9. The molecule has 5 atom stereocenters. The van der Waals surface area contributed by atoms with Crippen LogP contribution in [0.25, 0.3) is 0 Å². The molecular formula is C28H40N2O6. The zero-order valence-electron chi connectivity index (χ0n) is 21.4. The van der Waals surface area contributed by atoms with E-state index in [4.69, 9.17) is 9.47 Å². The van der Waals surface area contributed by atoms with Crippen LogP contribution in [0.1, 0.15) is 71.1 Å². The highest BCUT2D eigenvalue weighted by Crippen LogP contribution is 2.58. The van der Waals surface area contributed by atoms with Gasteiger partial charge in [0, 0.05) is 25.7 Å². The number of amides is 2. The van der Waals surface area contributed by atoms with Crippen LogP contribution in [0, 0.1) is 11.8 Å². The highest BCUT2D eigenvalue weighted by Gasteiger charge is 2.75. The fourth-order valence-corrected chi connectivity index (χ4v) is 7.26. The Morgan fingerprint density at radius 3 is 2.56 bits per heavy atom. The molecule has 8 nitrogen and oxygen atoms in total. The molecule has 0 bridgehead atoms. The summed E-state index contributed by atoms with van der Waals surface area (Å²) in [6, 6.07) is -0.712. The van der Waals surface area contributed by atoms with Gasteiger partial charge in [-0.25, -0.2) is 0 Å². The molecule has 4 heterocycles. The fraction of sp³-hybridized carbons (Fsp3) is 0.750. The summed E-state index contributed by atoms with van der Waals surface area (Å²) in [4.78, 5) is 45.5. The average molecular weight is 501 g/mol. The number of esters is 1. The summed E-state index contributed by atoms with van der Waals surface area (Å²) in [5.41, 5.74) is -2.26. The molecule has 8 heteroatoms. The van der Waals surface area contributed by atoms with Crippen molar-refractivity contribution in [3.8, 4) is 0 Å². The van der Waals surface area contributed by atoms with Crippen LogP contribution < -0.4 is 0 Å². The normalized spacial score (nSPS) is 38.3. The third-order valence-electron chi connectivity index (χ3n) is 8.99. The molecular weight excluding hydrogens is 460 g/mol. The highest BCUT2D eigenvalue weighted by atomic mass is 16.6. The van der Waals surface area contributed by atoms with Gasteiger partial charge in [-0.15, -0.1) is 0 Å². The monoisotopic (exact) mass is 500 g/mol. The first kappa shape index (κ1) is 25.5. The maximum Gasteiger partial charge on any atom is 0.313 e. The quantitative estimate of drug-likeness (QED) is 0.461. The third kappa shape index (κ3) is 4.01. The number of hydrogen-bond donors (Lipinski definition) is 1. The van der Waals surface area contributed by atoms with Crippen LogP contribution in [0.3, 0.4) is 0 Å². The van der Waals surface area contributed by atoms with Crippen LogP contribution in [-0.4, -0.2) is 82.3 Å². The van der Waals surface area contributed by atoms with Gasteiger partial charge >= 0.3 is 5.97 Å². The van der Waals surface area contributed by atoms with E-state index in [9.17, 15) is 19.5 Å². The second-order valence-electron chi connectivity index (χ2n) is 11.0. The van der Waals surface area contributed by atoms with Crippen molar-refractivity contribution in [2.75, 3.05) is 26.3 Å². The third-order valence-corrected chi connectivity index (χ3v) is 8.99. The molecule has 0 radical (unpaired) electrons. The van der Waals surface area contributed by atoms with E-state index in [1.54, 1.807) is 4.90 Å². The number of aliphatic hydroxyl groups excluding tert-OH is 1. The Morgan fingerprint density at radius 1 is 1.00 bits per heavy atom. The number of nitrogens with zero attached hydrogens (tertiary/aromatic N) is 2. The molecule has 1 unspecified atom stereocenters. The van der Waals surface area contributed by atoms with E-state index in [2.05, 4.69) is 6.08 Å². The van der Waals surface area contributed by atoms with Crippen LogP contribution in [0.5, 0.6) is 0 Å². The Labute approximate surface area is 213 Å². The maximum atomic E-state index is 14.3. The minimum absolute atomic E-state index is 0.0848. The van der Waals surface area contributed by atoms with Crippen LogP contribution >= 0.6 is 0 Å². The Bertz CT molecular complexity index is 927. The standard InChI is InChI=1S/C28H40N2O6/c1-2-27-14-8-3-4-9-19-35-26(34)22(27)21-24(32)30(17-11-18-31)23-25(33)29(20-12-6-5-7-13-20)16-10-15-28(21,23)36-27/h8,10,14-15,20-23,31H,2-7,9,11-13,16-19H2,1H3/b14-8-/t21-,22+,23?,27-,28-/m0/s1. The number of cyclic esters (lactones) is 1. The van der Waals surface area contributed by atoms with Crippen molar-refractivity contribution < 1.29 is 29.0 Å². The van der Waals surface area contributed by atoms with Gasteiger partial charge in [0.05, 0.1) is 12.5 Å². The Balaban J connectivity index is 1.61. The number of allylic oxidation sites excluding steroid dienone is 1. The molecule has 2 saturated heterocycles. The summed E-state index contributed by atoms with van der Waals surface area (Å²) in [6.45, 7) is 2.92. The van der Waals surface area contributed by atoms with E-state index in [1.807, 2.05) is 30.1 Å². The SMILES string of the molecule is CC[C@]12/C=C\CCCCOC(=O)[C@H]1[C@H]1C(=O)N(CCCO)C3C(=O)N(C4CCCCC4)CC=C[C@@]31O2. The van der Waals surface area contributed by atoms with Gasteiger partial charge in [0.15, 0.2) is 0 Å². The van der Waals surface area contributed by atoms with Gasteiger partial charge in [-0.1, -0.05) is 50.5 Å². The molecule has 1 N–H and O–H groups in total. The predicted octanol–water partition coefficient (Wildman–Crippen LogP) is 2.74. The number of carbonyl (C=O) groups is 3. The summed E-state index contributed by atoms with van der Waals surface area (Å²) in [6.07, 6.45) is 16.6. The largest absolute Gasteiger partial charge is 0.465 e. The van der Waals surface area contributed by atoms with Crippen molar-refractivity contribution in [2.24, 2.45) is 11.8 Å². The summed E-state index contributed by atoms with van der Waals surface area (Å²) < 4.78 is 12.6. The molecule has 1 saturated carbocycles. The number of carbonyl (C=O) groups excluding carboxylic acids is 3. The van der Waals surface area contributed by atoms with Gasteiger partial charge < -0.3 is 24.4 Å². The van der Waals surface area contributed by atoms with E-state index < -0.39 is 35.0 Å². The van der Waals surface area contributed by atoms with Crippen molar-refractivity contribution in [2.45, 2.75) is 94.4 Å². The zero-order valence-corrected chi connectivity index (χ0v) is 21.4. The maximum absolute atomic E-state index is 14.3. The molecule has 2 amide bonds. The summed E-state index contributed by atoms with van der Waals surface area (Å²) in [5.74, 6) is -2.45. The minimum atomic E-state index is -1.24. The van der Waals surface area contributed by atoms with Gasteiger partial charge in [0.25, 0.3) is 0 Å². The molecule has 198 valence electrons. The topological polar surface area (TPSA) is 96.4 Å². The molecule has 5 aliphatic rings. The average Bonchev–Trinajstić information content (AvgIpc) is 3.24. The Kier molecular flexibility index (Phi) is 7.27. The molecule has 4 aliphatic heterocycles. The van der Waals surface area contributed by atoms with Crippen LogP contribution in [0.15, 0.2) is 24.3 Å². The fourth-order valence-electron chi connectivity index (χ4n) is 7.26. The van der Waals surface area contributed by atoms with Crippen molar-refractivity contribution in [3.05, 3.63) is 24.3 Å². The molecule has 0 aromatic rings. The van der Waals surface area contributed by atoms with E-state index in [-0.39, 0.29) is 31.0 Å². The number of likely N-dealkylation sites (tertiary alicyclic amines) is 1. The van der Waals surface area contributed by atoms with Crippen LogP contribution in [0.2, 0.25) is 0 Å². The molecule has 1 aliphatic carbocycles. The van der Waals surface area contributed by atoms with Gasteiger partial charge in [-0.05, 0) is 44.9 Å². The Morgan fingerprint density at radius 2 is 1.81 bits per heavy atom. The molecule has 5 rings (SSSR count). The molecule has 3 fully saturated rings. The number of aliphatic hydroxyl groups is 1. The number of fused-ring (bicyclic) bond motifs is 2. The number of rotatable bonds is 5. The number of hydrogen-bond acceptors (Lipinski definition) is 6. The summed E-state index contributed by atoms with van der Waals surface area (Å²) >= 11 is 0. The highest BCUT2D eigenvalue weighted by molar-refractivity contribution is 5.99. The van der Waals surface area contributed by atoms with Crippen molar-refractivity contribution in [1.29, 1.82) is 0 Å². The first-order valence-corrected chi connectivity index (χ1v) is 13.9. The van der Waals surface area contributed by atoms with Crippen molar-refractivity contribution in [3.63, 3.8) is 0 Å². The lowest BCUT2D eigenvalue weighted by atomic mass is 9.73. The van der Waals surface area contributed by atoms with Gasteiger partial charge in [0.2, 0.25) is 11.8 Å². The summed E-state index contributed by atoms with van der Waals surface area (Å²) in [7, 11) is 0. The number of ether oxygens (including phenoxy) is 2. The van der Waals surface area contributed by atoms with Gasteiger partial charge in [-0.3, -0.25) is 14.4 Å². The lowest BCUT2D eigenvalue weighted by molar-refractivity contribution is -0.162. The molecule has 36 heavy (non-hydrogen) atoms. The minimum Gasteiger partial charge on any atom is -0.465 e. The smallest absolute Gasteiger partial charge is 0.313 e. The van der Waals surface area contributed by atoms with E-state index in [0.717, 1.165) is 44.9 Å². The van der Waals surface area contributed by atoms with Crippen molar-refractivity contribution >= 4 is 17.8 Å².